The van der Waals surface area contributed by atoms with Gasteiger partial charge >= 0.3 is 0 Å². The molecule has 6 nitrogen and oxygen atoms in total. The van der Waals surface area contributed by atoms with Crippen LogP contribution in [0.4, 0.5) is 5.69 Å². The molecule has 0 aliphatic rings. The molecule has 1 aromatic heterocycles. The van der Waals surface area contributed by atoms with Gasteiger partial charge in [0.15, 0.2) is 5.82 Å². The van der Waals surface area contributed by atoms with Crippen LogP contribution in [0, 0.1) is 6.92 Å². The molecule has 0 fully saturated rings. The molecule has 2 rings (SSSR count). The van der Waals surface area contributed by atoms with E-state index in [0.717, 1.165) is 11.1 Å². The summed E-state index contributed by atoms with van der Waals surface area (Å²) < 4.78 is 13.1. The van der Waals surface area contributed by atoms with Crippen LogP contribution >= 0.6 is 0 Å². The molecule has 2 N–H and O–H groups in total. The number of aromatic nitrogens is 4. The average Bonchev–Trinajstić information content (AvgIpc) is 2.80. The first-order valence-corrected chi connectivity index (χ1v) is 7.56. The number of benzene rings is 1. The predicted molar refractivity (Wildman–Crippen MR) is 75.9 cm³/mol. The molecule has 2 atom stereocenters. The molecule has 7 heteroatoms. The van der Waals surface area contributed by atoms with E-state index in [1.165, 1.54) is 0 Å². The van der Waals surface area contributed by atoms with Crippen molar-refractivity contribution in [2.24, 2.45) is 0 Å². The lowest BCUT2D eigenvalue weighted by atomic mass is 10.1. The van der Waals surface area contributed by atoms with Gasteiger partial charge in [-0.05, 0) is 35.9 Å². The lowest BCUT2D eigenvalue weighted by molar-refractivity contribution is 0.579. The van der Waals surface area contributed by atoms with Crippen molar-refractivity contribution in [2.45, 2.75) is 25.6 Å². The van der Waals surface area contributed by atoms with Crippen molar-refractivity contribution < 1.29 is 4.21 Å². The zero-order chi connectivity index (χ0) is 14.0. The largest absolute Gasteiger partial charge is 0.398 e. The monoisotopic (exact) mass is 279 g/mol. The molecule has 1 heterocycles. The topological polar surface area (TPSA) is 86.7 Å². The highest BCUT2D eigenvalue weighted by Crippen LogP contribution is 2.24. The van der Waals surface area contributed by atoms with E-state index in [-0.39, 0.29) is 5.25 Å². The zero-order valence-electron chi connectivity index (χ0n) is 11.2. The number of tetrazole rings is 1. The number of nitrogens with zero attached hydrogens (tertiary/aromatic N) is 4. The van der Waals surface area contributed by atoms with Crippen LogP contribution in [0.25, 0.3) is 11.4 Å². The molecule has 2 aromatic rings. The second-order valence-electron chi connectivity index (χ2n) is 4.51. The molecule has 0 aliphatic heterocycles. The number of nitrogens with two attached hydrogens (primary N) is 1. The Hall–Kier alpha value is -1.76. The fraction of sp³-hybridized carbons (Fsp3) is 0.417. The van der Waals surface area contributed by atoms with Crippen LogP contribution in [0.3, 0.4) is 0 Å². The third-order valence-electron chi connectivity index (χ3n) is 3.15. The molecule has 0 aliphatic carbocycles. The van der Waals surface area contributed by atoms with Gasteiger partial charge in [-0.25, -0.2) is 4.68 Å². The molecule has 0 amide bonds. The summed E-state index contributed by atoms with van der Waals surface area (Å²) in [4.78, 5) is 0. The van der Waals surface area contributed by atoms with Gasteiger partial charge in [-0.2, -0.15) is 0 Å². The molecular weight excluding hydrogens is 262 g/mol. The first-order chi connectivity index (χ1) is 9.00. The van der Waals surface area contributed by atoms with Crippen molar-refractivity contribution >= 4 is 16.5 Å². The van der Waals surface area contributed by atoms with Crippen molar-refractivity contribution in [1.29, 1.82) is 0 Å². The Morgan fingerprint density at radius 3 is 2.89 bits per heavy atom. The number of hydrogen-bond acceptors (Lipinski definition) is 5. The van der Waals surface area contributed by atoms with Crippen molar-refractivity contribution in [3.8, 4) is 11.4 Å². The number of anilines is 1. The average molecular weight is 279 g/mol. The van der Waals surface area contributed by atoms with Crippen LogP contribution in [-0.2, 0) is 17.3 Å². The molecule has 19 heavy (non-hydrogen) atoms. The predicted octanol–water partition coefficient (Wildman–Crippen LogP) is 0.998. The summed E-state index contributed by atoms with van der Waals surface area (Å²) >= 11 is 0. The molecule has 2 unspecified atom stereocenters. The van der Waals surface area contributed by atoms with Crippen LogP contribution in [0.1, 0.15) is 12.5 Å². The first kappa shape index (κ1) is 13.7. The Morgan fingerprint density at radius 1 is 1.47 bits per heavy atom. The van der Waals surface area contributed by atoms with Crippen LogP contribution in [0.5, 0.6) is 0 Å². The summed E-state index contributed by atoms with van der Waals surface area (Å²) in [5.41, 5.74) is 8.46. The molecule has 0 saturated heterocycles. The second-order valence-corrected chi connectivity index (χ2v) is 6.32. The van der Waals surface area contributed by atoms with Crippen molar-refractivity contribution in [1.82, 2.24) is 20.2 Å². The summed E-state index contributed by atoms with van der Waals surface area (Å²) in [6, 6.07) is 5.65. The van der Waals surface area contributed by atoms with Gasteiger partial charge in [-0.15, -0.1) is 5.10 Å². The fourth-order valence-corrected chi connectivity index (χ4v) is 2.12. The highest BCUT2D eigenvalue weighted by Gasteiger charge is 2.16. The quantitative estimate of drug-likeness (QED) is 0.844. The minimum absolute atomic E-state index is 0.0105. The maximum absolute atomic E-state index is 11.4. The molecule has 0 saturated carbocycles. The Kier molecular flexibility index (Phi) is 3.94. The standard InChI is InChI=1S/C12H17N5OS/c1-8(19(3)18)7-17-12(14-15-16-17)10-5-4-6-11(13)9(10)2/h4-6,8H,7,13H2,1-3H3. The molecular formula is C12H17N5OS. The van der Waals surface area contributed by atoms with E-state index in [4.69, 9.17) is 5.73 Å². The van der Waals surface area contributed by atoms with Crippen LogP contribution < -0.4 is 5.73 Å². The van der Waals surface area contributed by atoms with Gasteiger partial charge in [0.05, 0.1) is 11.8 Å². The normalized spacial score (nSPS) is 14.3. The van der Waals surface area contributed by atoms with Crippen LogP contribution in [-0.4, -0.2) is 35.9 Å². The Labute approximate surface area is 114 Å². The zero-order valence-corrected chi connectivity index (χ0v) is 12.0. The molecule has 1 aromatic carbocycles. The summed E-state index contributed by atoms with van der Waals surface area (Å²) in [7, 11) is -0.910. The third kappa shape index (κ3) is 2.81. The van der Waals surface area contributed by atoms with Crippen molar-refractivity contribution in [2.75, 3.05) is 12.0 Å². The SMILES string of the molecule is Cc1c(N)cccc1-c1nnnn1CC(C)S(C)=O. The van der Waals surface area contributed by atoms with Gasteiger partial charge < -0.3 is 5.73 Å². The minimum Gasteiger partial charge on any atom is -0.398 e. The van der Waals surface area contributed by atoms with E-state index < -0.39 is 10.8 Å². The van der Waals surface area contributed by atoms with Gasteiger partial charge in [-0.3, -0.25) is 4.21 Å². The van der Waals surface area contributed by atoms with Crippen molar-refractivity contribution in [3.63, 3.8) is 0 Å². The minimum atomic E-state index is -0.910. The summed E-state index contributed by atoms with van der Waals surface area (Å²) in [6.45, 7) is 4.36. The smallest absolute Gasteiger partial charge is 0.182 e. The van der Waals surface area contributed by atoms with E-state index >= 15 is 0 Å². The Balaban J connectivity index is 2.39. The molecule has 102 valence electrons. The maximum atomic E-state index is 11.4. The molecule has 0 bridgehead atoms. The van der Waals surface area contributed by atoms with E-state index in [9.17, 15) is 4.21 Å². The number of hydrogen-bond donors (Lipinski definition) is 1. The maximum Gasteiger partial charge on any atom is 0.182 e. The van der Waals surface area contributed by atoms with Crippen molar-refractivity contribution in [3.05, 3.63) is 23.8 Å². The Bertz CT molecular complexity index is 610. The third-order valence-corrected chi connectivity index (χ3v) is 4.43. The highest BCUT2D eigenvalue weighted by molar-refractivity contribution is 7.84. The lowest BCUT2D eigenvalue weighted by Gasteiger charge is -2.11. The highest BCUT2D eigenvalue weighted by atomic mass is 32.2. The first-order valence-electron chi connectivity index (χ1n) is 5.94. The van der Waals surface area contributed by atoms with Gasteiger partial charge in [0.25, 0.3) is 0 Å². The summed E-state index contributed by atoms with van der Waals surface area (Å²) in [6.07, 6.45) is 1.68. The number of nitrogen functional groups attached to an aromatic ring is 1. The van der Waals surface area contributed by atoms with Crippen LogP contribution in [0.15, 0.2) is 18.2 Å². The van der Waals surface area contributed by atoms with E-state index in [1.54, 1.807) is 10.9 Å². The van der Waals surface area contributed by atoms with Gasteiger partial charge in [0.1, 0.15) is 0 Å². The lowest BCUT2D eigenvalue weighted by Crippen LogP contribution is -2.19. The number of rotatable bonds is 4. The van der Waals surface area contributed by atoms with E-state index in [0.29, 0.717) is 18.1 Å². The second kappa shape index (κ2) is 5.48. The fourth-order valence-electron chi connectivity index (χ4n) is 1.76. The summed E-state index contributed by atoms with van der Waals surface area (Å²) in [5, 5.41) is 11.7. The van der Waals surface area contributed by atoms with Crippen LogP contribution in [0.2, 0.25) is 0 Å². The van der Waals surface area contributed by atoms with Gasteiger partial charge in [0.2, 0.25) is 0 Å². The molecule has 0 spiro atoms. The summed E-state index contributed by atoms with van der Waals surface area (Å²) in [5.74, 6) is 0.655. The van der Waals surface area contributed by atoms with Gasteiger partial charge in [0, 0.05) is 28.3 Å². The van der Waals surface area contributed by atoms with E-state index in [1.807, 2.05) is 32.0 Å². The van der Waals surface area contributed by atoms with E-state index in [2.05, 4.69) is 15.5 Å². The van der Waals surface area contributed by atoms with Gasteiger partial charge in [-0.1, -0.05) is 12.1 Å². The Morgan fingerprint density at radius 2 is 2.21 bits per heavy atom. The molecule has 0 radical (unpaired) electrons.